The summed E-state index contributed by atoms with van der Waals surface area (Å²) in [7, 11) is 0. The maximum absolute atomic E-state index is 12.9. The summed E-state index contributed by atoms with van der Waals surface area (Å²) < 4.78 is 12.9. The van der Waals surface area contributed by atoms with Crippen molar-refractivity contribution >= 4 is 5.78 Å². The third-order valence-corrected chi connectivity index (χ3v) is 2.75. The fourth-order valence-corrected chi connectivity index (χ4v) is 1.92. The second-order valence-corrected chi connectivity index (χ2v) is 3.64. The lowest BCUT2D eigenvalue weighted by Crippen LogP contribution is -2.28. The van der Waals surface area contributed by atoms with Crippen molar-refractivity contribution < 1.29 is 9.18 Å². The highest BCUT2D eigenvalue weighted by Gasteiger charge is 2.26. The van der Waals surface area contributed by atoms with Crippen LogP contribution in [0, 0.1) is 11.7 Å². The number of carbonyl (C=O) groups is 1. The van der Waals surface area contributed by atoms with Crippen molar-refractivity contribution in [1.29, 1.82) is 0 Å². The Bertz CT molecular complexity index is 376. The zero-order valence-electron chi connectivity index (χ0n) is 7.79. The molecule has 1 aliphatic carbocycles. The number of rotatable bonds is 1. The van der Waals surface area contributed by atoms with Gasteiger partial charge >= 0.3 is 0 Å². The van der Waals surface area contributed by atoms with Crippen LogP contribution in [-0.4, -0.2) is 12.3 Å². The molecule has 0 amide bonds. The van der Waals surface area contributed by atoms with E-state index in [1.807, 2.05) is 0 Å². The van der Waals surface area contributed by atoms with Gasteiger partial charge in [-0.2, -0.15) is 0 Å². The van der Waals surface area contributed by atoms with Gasteiger partial charge in [-0.15, -0.1) is 0 Å². The minimum atomic E-state index is -0.275. The van der Waals surface area contributed by atoms with E-state index in [9.17, 15) is 9.18 Å². The number of benzene rings is 1. The number of hydrogen-bond donors (Lipinski definition) is 1. The van der Waals surface area contributed by atoms with Crippen molar-refractivity contribution in [3.8, 4) is 0 Å². The van der Waals surface area contributed by atoms with E-state index in [1.54, 1.807) is 6.07 Å². The molecule has 1 aromatic carbocycles. The Morgan fingerprint density at radius 2 is 2.29 bits per heavy atom. The maximum atomic E-state index is 12.9. The Kier molecular flexibility index (Phi) is 2.33. The van der Waals surface area contributed by atoms with Gasteiger partial charge in [0.1, 0.15) is 5.82 Å². The number of nitrogens with two attached hydrogens (primary N) is 1. The number of ketones is 1. The van der Waals surface area contributed by atoms with E-state index in [0.29, 0.717) is 12.1 Å². The lowest BCUT2D eigenvalue weighted by Gasteiger charge is -2.21. The van der Waals surface area contributed by atoms with Crippen LogP contribution in [-0.2, 0) is 6.42 Å². The smallest absolute Gasteiger partial charge is 0.167 e. The van der Waals surface area contributed by atoms with E-state index in [0.717, 1.165) is 18.4 Å². The van der Waals surface area contributed by atoms with Gasteiger partial charge in [0.2, 0.25) is 0 Å². The SMILES string of the molecule is NCC1CCc2cc(F)ccc2C1=O. The van der Waals surface area contributed by atoms with Crippen LogP contribution in [0.4, 0.5) is 4.39 Å². The predicted molar refractivity (Wildman–Crippen MR) is 51.6 cm³/mol. The van der Waals surface area contributed by atoms with Crippen molar-refractivity contribution in [2.24, 2.45) is 11.7 Å². The lowest BCUT2D eigenvalue weighted by molar-refractivity contribution is 0.0907. The van der Waals surface area contributed by atoms with Gasteiger partial charge in [0, 0.05) is 18.0 Å². The van der Waals surface area contributed by atoms with Crippen molar-refractivity contribution in [2.75, 3.05) is 6.54 Å². The van der Waals surface area contributed by atoms with Gasteiger partial charge in [0.25, 0.3) is 0 Å². The third-order valence-electron chi connectivity index (χ3n) is 2.75. The van der Waals surface area contributed by atoms with Gasteiger partial charge in [-0.25, -0.2) is 4.39 Å². The number of hydrogen-bond acceptors (Lipinski definition) is 2. The van der Waals surface area contributed by atoms with Gasteiger partial charge in [-0.3, -0.25) is 4.79 Å². The topological polar surface area (TPSA) is 43.1 Å². The van der Waals surface area contributed by atoms with E-state index in [-0.39, 0.29) is 17.5 Å². The minimum Gasteiger partial charge on any atom is -0.330 e. The molecule has 1 unspecified atom stereocenters. The van der Waals surface area contributed by atoms with E-state index < -0.39 is 0 Å². The molecular weight excluding hydrogens is 181 g/mol. The van der Waals surface area contributed by atoms with Crippen molar-refractivity contribution in [3.05, 3.63) is 35.1 Å². The Morgan fingerprint density at radius 1 is 1.50 bits per heavy atom. The van der Waals surface area contributed by atoms with E-state index in [2.05, 4.69) is 0 Å². The third kappa shape index (κ3) is 1.44. The number of halogens is 1. The molecule has 2 N–H and O–H groups in total. The normalized spacial score (nSPS) is 20.7. The van der Waals surface area contributed by atoms with Gasteiger partial charge in [0.05, 0.1) is 0 Å². The molecule has 2 nitrogen and oxygen atoms in total. The fourth-order valence-electron chi connectivity index (χ4n) is 1.92. The molecule has 1 aromatic rings. The molecule has 14 heavy (non-hydrogen) atoms. The van der Waals surface area contributed by atoms with Gasteiger partial charge < -0.3 is 5.73 Å². The Hall–Kier alpha value is -1.22. The van der Waals surface area contributed by atoms with Crippen LogP contribution in [0.5, 0.6) is 0 Å². The molecule has 0 bridgehead atoms. The van der Waals surface area contributed by atoms with Gasteiger partial charge in [-0.05, 0) is 36.6 Å². The Balaban J connectivity index is 2.41. The first-order valence-corrected chi connectivity index (χ1v) is 4.75. The van der Waals surface area contributed by atoms with Gasteiger partial charge in [-0.1, -0.05) is 0 Å². The zero-order chi connectivity index (χ0) is 10.1. The van der Waals surface area contributed by atoms with Crippen LogP contribution in [0.3, 0.4) is 0 Å². The minimum absolute atomic E-state index is 0.0637. The molecule has 0 heterocycles. The average Bonchev–Trinajstić information content (AvgIpc) is 2.18. The molecule has 0 radical (unpaired) electrons. The largest absolute Gasteiger partial charge is 0.330 e. The van der Waals surface area contributed by atoms with Crippen LogP contribution < -0.4 is 5.73 Å². The summed E-state index contributed by atoms with van der Waals surface area (Å²) in [6.07, 6.45) is 1.49. The first kappa shape index (κ1) is 9.34. The van der Waals surface area contributed by atoms with Crippen molar-refractivity contribution in [1.82, 2.24) is 0 Å². The maximum Gasteiger partial charge on any atom is 0.167 e. The number of fused-ring (bicyclic) bond motifs is 1. The molecule has 0 fully saturated rings. The molecule has 1 atom stereocenters. The van der Waals surface area contributed by atoms with Crippen molar-refractivity contribution in [2.45, 2.75) is 12.8 Å². The molecule has 1 aliphatic rings. The van der Waals surface area contributed by atoms with Crippen LogP contribution in [0.1, 0.15) is 22.3 Å². The summed E-state index contributed by atoms with van der Waals surface area (Å²) >= 11 is 0. The second kappa shape index (κ2) is 3.50. The first-order chi connectivity index (χ1) is 6.72. The quantitative estimate of drug-likeness (QED) is 0.735. The molecule has 0 saturated carbocycles. The van der Waals surface area contributed by atoms with Gasteiger partial charge in [0.15, 0.2) is 5.78 Å². The molecule has 2 rings (SSSR count). The van der Waals surface area contributed by atoms with Crippen LogP contribution in [0.2, 0.25) is 0 Å². The summed E-state index contributed by atoms with van der Waals surface area (Å²) in [5.74, 6) is -0.288. The highest BCUT2D eigenvalue weighted by atomic mass is 19.1. The molecule has 0 spiro atoms. The average molecular weight is 193 g/mol. The van der Waals surface area contributed by atoms with E-state index in [1.165, 1.54) is 12.1 Å². The summed E-state index contributed by atoms with van der Waals surface area (Å²) in [5.41, 5.74) is 6.95. The van der Waals surface area contributed by atoms with Crippen LogP contribution in [0.15, 0.2) is 18.2 Å². The van der Waals surface area contributed by atoms with Crippen LogP contribution in [0.25, 0.3) is 0 Å². The molecule has 3 heteroatoms. The monoisotopic (exact) mass is 193 g/mol. The predicted octanol–water partition coefficient (Wildman–Crippen LogP) is 1.53. The van der Waals surface area contributed by atoms with Crippen molar-refractivity contribution in [3.63, 3.8) is 0 Å². The standard InChI is InChI=1S/C11H12FNO/c12-9-3-4-10-7(5-9)1-2-8(6-13)11(10)14/h3-5,8H,1-2,6,13H2. The van der Waals surface area contributed by atoms with E-state index >= 15 is 0 Å². The fraction of sp³-hybridized carbons (Fsp3) is 0.364. The molecule has 0 aliphatic heterocycles. The summed E-state index contributed by atoms with van der Waals surface area (Å²) in [5, 5.41) is 0. The van der Waals surface area contributed by atoms with E-state index in [4.69, 9.17) is 5.73 Å². The Labute approximate surface area is 81.9 Å². The molecule has 0 aromatic heterocycles. The zero-order valence-corrected chi connectivity index (χ0v) is 7.79. The molecule has 0 saturated heterocycles. The van der Waals surface area contributed by atoms with Crippen LogP contribution >= 0.6 is 0 Å². The second-order valence-electron chi connectivity index (χ2n) is 3.64. The highest BCUT2D eigenvalue weighted by Crippen LogP contribution is 2.25. The molecule has 74 valence electrons. The molecular formula is C11H12FNO. The Morgan fingerprint density at radius 3 is 3.00 bits per heavy atom. The summed E-state index contributed by atoms with van der Waals surface area (Å²) in [6, 6.07) is 4.34. The number of aryl methyl sites for hydroxylation is 1. The summed E-state index contributed by atoms with van der Waals surface area (Å²) in [4.78, 5) is 11.8. The summed E-state index contributed by atoms with van der Waals surface area (Å²) in [6.45, 7) is 0.385. The lowest BCUT2D eigenvalue weighted by atomic mass is 9.83. The highest BCUT2D eigenvalue weighted by molar-refractivity contribution is 6.00. The number of carbonyl (C=O) groups excluding carboxylic acids is 1. The number of Topliss-reactive ketones (excluding diaryl/α,β-unsaturated/α-hetero) is 1. The first-order valence-electron chi connectivity index (χ1n) is 4.75.